The number of imide groups is 1. The molecule has 20 heavy (non-hydrogen) atoms. The number of halogens is 1. The van der Waals surface area contributed by atoms with Crippen molar-refractivity contribution >= 4 is 40.5 Å². The number of amides is 3. The van der Waals surface area contributed by atoms with Gasteiger partial charge in [0.05, 0.1) is 12.5 Å². The maximum absolute atomic E-state index is 12.2. The normalized spacial score (nSPS) is 21.7. The van der Waals surface area contributed by atoms with Gasteiger partial charge in [0.1, 0.15) is 6.61 Å². The summed E-state index contributed by atoms with van der Waals surface area (Å²) in [5.41, 5.74) is -0.701. The van der Waals surface area contributed by atoms with Crippen LogP contribution in [0.5, 0.6) is 0 Å². The van der Waals surface area contributed by atoms with Crippen LogP contribution in [0.2, 0.25) is 0 Å². The number of hydroxylamine groups is 2. The van der Waals surface area contributed by atoms with Crippen molar-refractivity contribution in [3.05, 3.63) is 0 Å². The van der Waals surface area contributed by atoms with Gasteiger partial charge in [-0.15, -0.1) is 0 Å². The number of carbonyl (C=O) groups excluding carboxylic acids is 3. The van der Waals surface area contributed by atoms with E-state index in [4.69, 9.17) is 9.57 Å². The highest BCUT2D eigenvalue weighted by Crippen LogP contribution is 2.42. The van der Waals surface area contributed by atoms with E-state index in [0.29, 0.717) is 32.5 Å². The van der Waals surface area contributed by atoms with Gasteiger partial charge in [0.25, 0.3) is 11.8 Å². The van der Waals surface area contributed by atoms with Gasteiger partial charge >= 0.3 is 6.09 Å². The van der Waals surface area contributed by atoms with Crippen molar-refractivity contribution in [2.24, 2.45) is 5.41 Å². The lowest BCUT2D eigenvalue weighted by molar-refractivity contribution is -0.183. The van der Waals surface area contributed by atoms with Gasteiger partial charge in [-0.25, -0.2) is 4.79 Å². The first-order valence-corrected chi connectivity index (χ1v) is 7.96. The van der Waals surface area contributed by atoms with Gasteiger partial charge in [-0.3, -0.25) is 14.4 Å². The monoisotopic (exact) mass is 396 g/mol. The Morgan fingerprint density at radius 2 is 2.00 bits per heavy atom. The van der Waals surface area contributed by atoms with Crippen LogP contribution in [-0.4, -0.2) is 59.1 Å². The van der Waals surface area contributed by atoms with E-state index < -0.39 is 5.41 Å². The molecule has 2 aliphatic heterocycles. The number of hydrogen-bond acceptors (Lipinski definition) is 5. The molecular formula is C12H17IN2O5. The fourth-order valence-corrected chi connectivity index (χ4v) is 2.90. The van der Waals surface area contributed by atoms with E-state index in [0.717, 1.165) is 9.49 Å². The molecule has 8 heteroatoms. The minimum absolute atomic E-state index is 0.163. The summed E-state index contributed by atoms with van der Waals surface area (Å²) >= 11 is 2.13. The molecule has 0 aromatic carbocycles. The molecule has 0 aliphatic carbocycles. The summed E-state index contributed by atoms with van der Waals surface area (Å²) in [6, 6.07) is 0. The van der Waals surface area contributed by atoms with Gasteiger partial charge in [0.15, 0.2) is 0 Å². The van der Waals surface area contributed by atoms with Gasteiger partial charge < -0.3 is 9.64 Å². The van der Waals surface area contributed by atoms with Crippen LogP contribution in [0.15, 0.2) is 0 Å². The predicted octanol–water partition coefficient (Wildman–Crippen LogP) is 0.960. The summed E-state index contributed by atoms with van der Waals surface area (Å²) in [5, 5.41) is 0.837. The van der Waals surface area contributed by atoms with Crippen LogP contribution < -0.4 is 0 Å². The molecule has 1 spiro atoms. The third-order valence-corrected chi connectivity index (χ3v) is 4.26. The first-order valence-electron chi connectivity index (χ1n) is 6.43. The molecule has 0 radical (unpaired) electrons. The molecule has 2 aliphatic rings. The Morgan fingerprint density at radius 1 is 1.35 bits per heavy atom. The smallest absolute Gasteiger partial charge is 0.409 e. The molecule has 0 aromatic heterocycles. The van der Waals surface area contributed by atoms with Crippen LogP contribution >= 0.6 is 22.6 Å². The molecule has 0 bridgehead atoms. The zero-order chi connectivity index (χ0) is 14.8. The van der Waals surface area contributed by atoms with Crippen LogP contribution in [0.25, 0.3) is 0 Å². The molecular weight excluding hydrogens is 379 g/mol. The number of hydrogen-bond donors (Lipinski definition) is 0. The number of likely N-dealkylation sites (tertiary alicyclic amines) is 1. The highest BCUT2D eigenvalue weighted by Gasteiger charge is 2.53. The number of rotatable bonds is 3. The lowest BCUT2D eigenvalue weighted by Crippen LogP contribution is -2.46. The van der Waals surface area contributed by atoms with E-state index in [1.54, 1.807) is 4.90 Å². The highest BCUT2D eigenvalue weighted by atomic mass is 127. The van der Waals surface area contributed by atoms with Crippen LogP contribution in [0.4, 0.5) is 4.79 Å². The molecule has 7 nitrogen and oxygen atoms in total. The van der Waals surface area contributed by atoms with Crippen molar-refractivity contribution < 1.29 is 24.0 Å². The lowest BCUT2D eigenvalue weighted by Gasteiger charge is -2.36. The average Bonchev–Trinajstić information content (AvgIpc) is 2.68. The second kappa shape index (κ2) is 6.25. The van der Waals surface area contributed by atoms with Crippen molar-refractivity contribution in [1.82, 2.24) is 9.96 Å². The summed E-state index contributed by atoms with van der Waals surface area (Å²) < 4.78 is 5.81. The van der Waals surface area contributed by atoms with Gasteiger partial charge in [0, 0.05) is 23.9 Å². The van der Waals surface area contributed by atoms with Gasteiger partial charge in [-0.05, 0) is 12.8 Å². The summed E-state index contributed by atoms with van der Waals surface area (Å²) in [6.45, 7) is 1.24. The first kappa shape index (κ1) is 15.5. The number of carbonyl (C=O) groups is 3. The van der Waals surface area contributed by atoms with Crippen LogP contribution in [0.3, 0.4) is 0 Å². The van der Waals surface area contributed by atoms with E-state index >= 15 is 0 Å². The predicted molar refractivity (Wildman–Crippen MR) is 77.0 cm³/mol. The topological polar surface area (TPSA) is 76.2 Å². The molecule has 2 saturated heterocycles. The lowest BCUT2D eigenvalue weighted by atomic mass is 9.77. The Hall–Kier alpha value is -0.900. The van der Waals surface area contributed by atoms with Crippen LogP contribution in [0.1, 0.15) is 19.3 Å². The zero-order valence-electron chi connectivity index (χ0n) is 11.3. The van der Waals surface area contributed by atoms with Crippen molar-refractivity contribution in [2.75, 3.05) is 31.2 Å². The number of nitrogens with zero attached hydrogens (tertiary/aromatic N) is 2. The van der Waals surface area contributed by atoms with Crippen molar-refractivity contribution in [1.29, 1.82) is 0 Å². The molecule has 2 fully saturated rings. The number of ether oxygens (including phenoxy) is 1. The van der Waals surface area contributed by atoms with Crippen molar-refractivity contribution in [3.63, 3.8) is 0 Å². The Labute approximate surface area is 130 Å². The Balaban J connectivity index is 1.96. The first-order chi connectivity index (χ1) is 9.54. The van der Waals surface area contributed by atoms with Gasteiger partial charge in [0.2, 0.25) is 0 Å². The maximum atomic E-state index is 12.2. The van der Waals surface area contributed by atoms with Gasteiger partial charge in [-0.1, -0.05) is 22.6 Å². The largest absolute Gasteiger partial charge is 0.449 e. The minimum Gasteiger partial charge on any atom is -0.449 e. The van der Waals surface area contributed by atoms with Crippen LogP contribution in [-0.2, 0) is 19.2 Å². The SMILES string of the molecule is CON1C(=O)CC2(CCN(C(=O)OCCI)CC2)C1=O. The van der Waals surface area contributed by atoms with Crippen LogP contribution in [0, 0.1) is 5.41 Å². The Bertz CT molecular complexity index is 420. The molecule has 0 aromatic rings. The van der Waals surface area contributed by atoms with E-state index in [2.05, 4.69) is 22.6 Å². The molecule has 2 heterocycles. The Morgan fingerprint density at radius 3 is 2.50 bits per heavy atom. The summed E-state index contributed by atoms with van der Waals surface area (Å²) in [4.78, 5) is 42.1. The van der Waals surface area contributed by atoms with E-state index in [9.17, 15) is 14.4 Å². The van der Waals surface area contributed by atoms with Gasteiger partial charge in [-0.2, -0.15) is 5.06 Å². The molecule has 0 N–H and O–H groups in total. The van der Waals surface area contributed by atoms with Crippen molar-refractivity contribution in [3.8, 4) is 0 Å². The quantitative estimate of drug-likeness (QED) is 0.404. The summed E-state index contributed by atoms with van der Waals surface area (Å²) in [5.74, 6) is -0.594. The molecule has 112 valence electrons. The minimum atomic E-state index is -0.701. The third kappa shape index (κ3) is 2.76. The summed E-state index contributed by atoms with van der Waals surface area (Å²) in [7, 11) is 1.31. The van der Waals surface area contributed by atoms with E-state index in [1.165, 1.54) is 7.11 Å². The third-order valence-electron chi connectivity index (χ3n) is 3.82. The van der Waals surface area contributed by atoms with E-state index in [1.807, 2.05) is 0 Å². The molecule has 2 rings (SSSR count). The molecule has 0 saturated carbocycles. The molecule has 0 atom stereocenters. The Kier molecular flexibility index (Phi) is 4.84. The second-order valence-corrected chi connectivity index (χ2v) is 6.00. The van der Waals surface area contributed by atoms with E-state index in [-0.39, 0.29) is 24.3 Å². The molecule has 3 amide bonds. The standard InChI is InChI=1S/C12H17IN2O5/c1-19-15-9(16)8-12(10(15)17)2-5-14(6-3-12)11(18)20-7-4-13/h2-8H2,1H3. The number of alkyl halides is 1. The van der Waals surface area contributed by atoms with Crippen molar-refractivity contribution in [2.45, 2.75) is 19.3 Å². The highest BCUT2D eigenvalue weighted by molar-refractivity contribution is 14.1. The average molecular weight is 396 g/mol. The zero-order valence-corrected chi connectivity index (χ0v) is 13.4. The molecule has 0 unspecified atom stereocenters. The number of piperidine rings is 1. The summed E-state index contributed by atoms with van der Waals surface area (Å²) in [6.07, 6.45) is 0.751. The second-order valence-electron chi connectivity index (χ2n) is 4.92. The maximum Gasteiger partial charge on any atom is 0.409 e. The fraction of sp³-hybridized carbons (Fsp3) is 0.750. The fourth-order valence-electron chi connectivity index (χ4n) is 2.68.